The maximum absolute atomic E-state index is 13.8. The molecule has 4 rings (SSSR count). The highest BCUT2D eigenvalue weighted by Gasteiger charge is 2.13. The Balaban J connectivity index is 1.45. The number of ether oxygens (including phenoxy) is 1. The fourth-order valence-corrected chi connectivity index (χ4v) is 2.92. The van der Waals surface area contributed by atoms with Crippen LogP contribution in [0.4, 0.5) is 10.1 Å². The fraction of sp³-hybridized carbons (Fsp3) is 0.0476. The summed E-state index contributed by atoms with van der Waals surface area (Å²) in [4.78, 5) is 16.8. The topological polar surface area (TPSA) is 55.6 Å². The van der Waals surface area contributed by atoms with E-state index in [2.05, 4.69) is 10.3 Å². The van der Waals surface area contributed by atoms with Crippen molar-refractivity contribution >= 4 is 28.8 Å². The second kappa shape index (κ2) is 7.70. The highest BCUT2D eigenvalue weighted by Crippen LogP contribution is 2.21. The van der Waals surface area contributed by atoms with Crippen LogP contribution in [0, 0.1) is 5.82 Å². The van der Waals surface area contributed by atoms with Crippen molar-refractivity contribution < 1.29 is 13.9 Å². The summed E-state index contributed by atoms with van der Waals surface area (Å²) in [6.07, 6.45) is 3.81. The number of hydrogen-bond acceptors (Lipinski definition) is 3. The lowest BCUT2D eigenvalue weighted by molar-refractivity contribution is 0.102. The second-order valence-electron chi connectivity index (χ2n) is 6.09. The maximum atomic E-state index is 13.8. The van der Waals surface area contributed by atoms with Crippen molar-refractivity contribution in [2.24, 2.45) is 0 Å². The Morgan fingerprint density at radius 3 is 2.89 bits per heavy atom. The van der Waals surface area contributed by atoms with Gasteiger partial charge in [0.05, 0.1) is 11.3 Å². The molecule has 0 fully saturated rings. The van der Waals surface area contributed by atoms with E-state index in [0.29, 0.717) is 11.4 Å². The van der Waals surface area contributed by atoms with E-state index in [1.165, 1.54) is 12.1 Å². The Hall–Kier alpha value is -3.38. The zero-order valence-electron chi connectivity index (χ0n) is 14.6. The van der Waals surface area contributed by atoms with E-state index < -0.39 is 11.7 Å². The van der Waals surface area contributed by atoms with E-state index in [9.17, 15) is 9.18 Å². The molecule has 0 bridgehead atoms. The van der Waals surface area contributed by atoms with Crippen LogP contribution in [0.2, 0.25) is 5.02 Å². The van der Waals surface area contributed by atoms with Gasteiger partial charge in [0.25, 0.3) is 5.91 Å². The first-order valence-corrected chi connectivity index (χ1v) is 8.88. The first-order valence-electron chi connectivity index (χ1n) is 8.50. The molecule has 2 aromatic carbocycles. The summed E-state index contributed by atoms with van der Waals surface area (Å²) in [6, 6.07) is 16.5. The average molecular weight is 396 g/mol. The first-order chi connectivity index (χ1) is 13.6. The number of nitrogens with one attached hydrogen (secondary N) is 1. The predicted molar refractivity (Wildman–Crippen MR) is 105 cm³/mol. The van der Waals surface area contributed by atoms with Gasteiger partial charge in [0.2, 0.25) is 0 Å². The third-order valence-electron chi connectivity index (χ3n) is 4.07. The summed E-state index contributed by atoms with van der Waals surface area (Å²) in [6.45, 7) is 0.280. The largest absolute Gasteiger partial charge is 0.487 e. The molecule has 0 saturated heterocycles. The lowest BCUT2D eigenvalue weighted by Gasteiger charge is -2.09. The van der Waals surface area contributed by atoms with Gasteiger partial charge in [0.15, 0.2) is 0 Å². The summed E-state index contributed by atoms with van der Waals surface area (Å²) in [5.74, 6) is -0.667. The molecule has 5 nitrogen and oxygen atoms in total. The van der Waals surface area contributed by atoms with Gasteiger partial charge in [-0.25, -0.2) is 9.37 Å². The summed E-state index contributed by atoms with van der Waals surface area (Å²) >= 11 is 5.84. The maximum Gasteiger partial charge on any atom is 0.258 e. The zero-order chi connectivity index (χ0) is 19.5. The predicted octanol–water partition coefficient (Wildman–Crippen LogP) is 4.96. The van der Waals surface area contributed by atoms with Crippen LogP contribution in [-0.4, -0.2) is 15.3 Å². The summed E-state index contributed by atoms with van der Waals surface area (Å²) < 4.78 is 21.5. The van der Waals surface area contributed by atoms with Crippen molar-refractivity contribution in [2.45, 2.75) is 6.61 Å². The molecule has 1 amide bonds. The minimum absolute atomic E-state index is 0.122. The van der Waals surface area contributed by atoms with Crippen LogP contribution < -0.4 is 10.1 Å². The minimum Gasteiger partial charge on any atom is -0.487 e. The molecule has 4 aromatic rings. The molecule has 2 aromatic heterocycles. The van der Waals surface area contributed by atoms with Crippen LogP contribution in [-0.2, 0) is 6.61 Å². The van der Waals surface area contributed by atoms with Crippen LogP contribution in [0.25, 0.3) is 5.65 Å². The molecule has 0 saturated carbocycles. The first kappa shape index (κ1) is 18.0. The number of nitrogens with zero attached hydrogens (tertiary/aromatic N) is 2. The van der Waals surface area contributed by atoms with Gasteiger partial charge in [-0.3, -0.25) is 4.79 Å². The van der Waals surface area contributed by atoms with Gasteiger partial charge < -0.3 is 14.5 Å². The number of hydrogen-bond donors (Lipinski definition) is 1. The number of carbonyl (C=O) groups is 1. The number of fused-ring (bicyclic) bond motifs is 1. The Labute approximate surface area is 165 Å². The van der Waals surface area contributed by atoms with E-state index in [-0.39, 0.29) is 17.2 Å². The quantitative estimate of drug-likeness (QED) is 0.519. The van der Waals surface area contributed by atoms with Gasteiger partial charge in [-0.2, -0.15) is 0 Å². The Kier molecular flexibility index (Phi) is 4.95. The fourth-order valence-electron chi connectivity index (χ4n) is 2.75. The number of imidazole rings is 1. The molecule has 0 radical (unpaired) electrons. The highest BCUT2D eigenvalue weighted by molar-refractivity contribution is 6.31. The highest BCUT2D eigenvalue weighted by atomic mass is 35.5. The molecule has 0 spiro atoms. The molecule has 28 heavy (non-hydrogen) atoms. The zero-order valence-corrected chi connectivity index (χ0v) is 15.4. The number of aromatic nitrogens is 2. The van der Waals surface area contributed by atoms with Crippen molar-refractivity contribution in [1.82, 2.24) is 9.38 Å². The van der Waals surface area contributed by atoms with E-state index in [1.807, 2.05) is 35.0 Å². The van der Waals surface area contributed by atoms with Gasteiger partial charge in [0.1, 0.15) is 23.8 Å². The summed E-state index contributed by atoms with van der Waals surface area (Å²) in [7, 11) is 0. The number of pyridine rings is 1. The van der Waals surface area contributed by atoms with Crippen molar-refractivity contribution in [2.75, 3.05) is 5.32 Å². The van der Waals surface area contributed by atoms with Crippen molar-refractivity contribution in [1.29, 1.82) is 0 Å². The second-order valence-corrected chi connectivity index (χ2v) is 6.53. The molecule has 2 heterocycles. The molecule has 0 unspecified atom stereocenters. The normalized spacial score (nSPS) is 10.8. The Morgan fingerprint density at radius 1 is 1.14 bits per heavy atom. The monoisotopic (exact) mass is 395 g/mol. The number of carbonyl (C=O) groups excluding carboxylic acids is 1. The third kappa shape index (κ3) is 3.97. The molecule has 1 N–H and O–H groups in total. The van der Waals surface area contributed by atoms with E-state index in [1.54, 1.807) is 24.3 Å². The summed E-state index contributed by atoms with van der Waals surface area (Å²) in [5, 5.41) is 2.94. The van der Waals surface area contributed by atoms with Crippen molar-refractivity contribution in [3.05, 3.63) is 95.2 Å². The standard InChI is InChI=1S/C21H15ClFN3O2/c22-14-7-8-19(23)18(10-14)21(27)25-15-4-3-5-17(11-15)28-13-16-12-26-9-2-1-6-20(26)24-16/h1-12H,13H2,(H,25,27). The SMILES string of the molecule is O=C(Nc1cccc(OCc2cn3ccccc3n2)c1)c1cc(Cl)ccc1F. The molecule has 0 aliphatic heterocycles. The van der Waals surface area contributed by atoms with Crippen LogP contribution in [0.1, 0.15) is 16.1 Å². The van der Waals surface area contributed by atoms with Crippen LogP contribution >= 0.6 is 11.6 Å². The Bertz CT molecular complexity index is 1130. The van der Waals surface area contributed by atoms with Crippen molar-refractivity contribution in [3.63, 3.8) is 0 Å². The number of anilines is 1. The van der Waals surface area contributed by atoms with Crippen LogP contribution in [0.15, 0.2) is 73.1 Å². The van der Waals surface area contributed by atoms with Crippen LogP contribution in [0.5, 0.6) is 5.75 Å². The van der Waals surface area contributed by atoms with Gasteiger partial charge in [0, 0.05) is 29.2 Å². The number of amides is 1. The summed E-state index contributed by atoms with van der Waals surface area (Å²) in [5.41, 5.74) is 1.98. The van der Waals surface area contributed by atoms with Gasteiger partial charge >= 0.3 is 0 Å². The number of rotatable bonds is 5. The lowest BCUT2D eigenvalue weighted by Crippen LogP contribution is -2.13. The molecule has 0 aliphatic carbocycles. The van der Waals surface area contributed by atoms with Crippen molar-refractivity contribution in [3.8, 4) is 5.75 Å². The number of halogens is 2. The van der Waals surface area contributed by atoms with Gasteiger partial charge in [-0.1, -0.05) is 23.7 Å². The number of benzene rings is 2. The molecule has 7 heteroatoms. The molecule has 140 valence electrons. The van der Waals surface area contributed by atoms with E-state index >= 15 is 0 Å². The van der Waals surface area contributed by atoms with E-state index in [0.717, 1.165) is 17.4 Å². The average Bonchev–Trinajstić information content (AvgIpc) is 3.11. The lowest BCUT2D eigenvalue weighted by atomic mass is 10.2. The molecule has 0 aliphatic rings. The van der Waals surface area contributed by atoms with Crippen LogP contribution in [0.3, 0.4) is 0 Å². The molecule has 0 atom stereocenters. The smallest absolute Gasteiger partial charge is 0.258 e. The third-order valence-corrected chi connectivity index (χ3v) is 4.30. The molecular formula is C21H15ClFN3O2. The molecular weight excluding hydrogens is 381 g/mol. The van der Waals surface area contributed by atoms with Gasteiger partial charge in [-0.05, 0) is 42.5 Å². The van der Waals surface area contributed by atoms with E-state index in [4.69, 9.17) is 16.3 Å². The van der Waals surface area contributed by atoms with Gasteiger partial charge in [-0.15, -0.1) is 0 Å². The minimum atomic E-state index is -0.638. The Morgan fingerprint density at radius 2 is 2.04 bits per heavy atom.